The van der Waals surface area contributed by atoms with Crippen LogP contribution < -0.4 is 5.32 Å². The van der Waals surface area contributed by atoms with E-state index in [0.29, 0.717) is 28.8 Å². The molecule has 21 heavy (non-hydrogen) atoms. The fraction of sp³-hybridized carbons (Fsp3) is 0.500. The number of morpholine rings is 1. The molecule has 1 amide bonds. The Morgan fingerprint density at radius 1 is 1.48 bits per heavy atom. The summed E-state index contributed by atoms with van der Waals surface area (Å²) in [6.45, 7) is 3.25. The maximum Gasteiger partial charge on any atom is 0.238 e. The van der Waals surface area contributed by atoms with Crippen molar-refractivity contribution >= 4 is 34.8 Å². The molecular formula is C14H18Cl2N2O3. The number of ether oxygens (including phenoxy) is 1. The van der Waals surface area contributed by atoms with Crippen LogP contribution in [0, 0.1) is 0 Å². The summed E-state index contributed by atoms with van der Waals surface area (Å²) < 4.78 is 5.54. The van der Waals surface area contributed by atoms with Crippen LogP contribution in [-0.2, 0) is 9.53 Å². The largest absolute Gasteiger partial charge is 0.394 e. The first-order chi connectivity index (χ1) is 9.97. The number of aliphatic hydroxyl groups excluding tert-OH is 1. The molecule has 1 aromatic carbocycles. The molecule has 2 unspecified atom stereocenters. The Labute approximate surface area is 133 Å². The van der Waals surface area contributed by atoms with Gasteiger partial charge in [-0.1, -0.05) is 23.2 Å². The van der Waals surface area contributed by atoms with Gasteiger partial charge in [0, 0.05) is 18.1 Å². The van der Waals surface area contributed by atoms with Crippen molar-refractivity contribution in [2.24, 2.45) is 0 Å². The molecule has 5 nitrogen and oxygen atoms in total. The van der Waals surface area contributed by atoms with Gasteiger partial charge in [0.05, 0.1) is 36.1 Å². The van der Waals surface area contributed by atoms with Gasteiger partial charge in [-0.2, -0.15) is 0 Å². The number of hydrogen-bond acceptors (Lipinski definition) is 4. The van der Waals surface area contributed by atoms with Crippen molar-refractivity contribution in [3.63, 3.8) is 0 Å². The lowest BCUT2D eigenvalue weighted by molar-refractivity contribution is -0.124. The van der Waals surface area contributed by atoms with Crippen LogP contribution in [0.4, 0.5) is 5.69 Å². The second kappa shape index (κ2) is 7.42. The second-order valence-electron chi connectivity index (χ2n) is 5.12. The highest BCUT2D eigenvalue weighted by Crippen LogP contribution is 2.25. The predicted molar refractivity (Wildman–Crippen MR) is 83.0 cm³/mol. The Bertz CT molecular complexity index is 513. The van der Waals surface area contributed by atoms with Gasteiger partial charge in [0.2, 0.25) is 5.91 Å². The van der Waals surface area contributed by atoms with E-state index in [1.807, 2.05) is 11.8 Å². The lowest BCUT2D eigenvalue weighted by atomic mass is 10.2. The van der Waals surface area contributed by atoms with Gasteiger partial charge in [0.15, 0.2) is 0 Å². The number of hydrogen-bond donors (Lipinski definition) is 2. The van der Waals surface area contributed by atoms with E-state index in [4.69, 9.17) is 27.9 Å². The van der Waals surface area contributed by atoms with Crippen LogP contribution in [0.5, 0.6) is 0 Å². The van der Waals surface area contributed by atoms with Gasteiger partial charge in [0.1, 0.15) is 0 Å². The number of carbonyl (C=O) groups is 1. The summed E-state index contributed by atoms with van der Waals surface area (Å²) in [6.07, 6.45) is -0.269. The molecule has 0 aromatic heterocycles. The zero-order chi connectivity index (χ0) is 15.4. The standard InChI is InChI=1S/C14H18Cl2N2O3/c1-9-5-18(6-11(8-19)21-9)7-14(20)17-13-4-10(15)2-3-12(13)16/h2-4,9,11,19H,5-8H2,1H3,(H,17,20). The summed E-state index contributed by atoms with van der Waals surface area (Å²) in [6, 6.07) is 4.91. The van der Waals surface area contributed by atoms with E-state index < -0.39 is 0 Å². The van der Waals surface area contributed by atoms with Gasteiger partial charge < -0.3 is 15.2 Å². The third-order valence-corrected chi connectivity index (χ3v) is 3.74. The third kappa shape index (κ3) is 4.83. The van der Waals surface area contributed by atoms with Crippen molar-refractivity contribution in [1.29, 1.82) is 0 Å². The third-order valence-electron chi connectivity index (χ3n) is 3.18. The molecule has 2 N–H and O–H groups in total. The van der Waals surface area contributed by atoms with Crippen molar-refractivity contribution in [1.82, 2.24) is 4.90 Å². The van der Waals surface area contributed by atoms with E-state index >= 15 is 0 Å². The lowest BCUT2D eigenvalue weighted by Crippen LogP contribution is -2.50. The van der Waals surface area contributed by atoms with Crippen LogP contribution in [0.1, 0.15) is 6.92 Å². The Kier molecular flexibility index (Phi) is 5.84. The number of amides is 1. The number of rotatable bonds is 4. The van der Waals surface area contributed by atoms with Crippen molar-refractivity contribution in [3.8, 4) is 0 Å². The highest BCUT2D eigenvalue weighted by molar-refractivity contribution is 6.35. The van der Waals surface area contributed by atoms with E-state index in [2.05, 4.69) is 5.32 Å². The number of nitrogens with zero attached hydrogens (tertiary/aromatic N) is 1. The molecule has 1 fully saturated rings. The van der Waals surface area contributed by atoms with Gasteiger partial charge in [-0.15, -0.1) is 0 Å². The summed E-state index contributed by atoms with van der Waals surface area (Å²) in [7, 11) is 0. The van der Waals surface area contributed by atoms with Gasteiger partial charge in [-0.25, -0.2) is 0 Å². The van der Waals surface area contributed by atoms with Crippen LogP contribution in [0.15, 0.2) is 18.2 Å². The summed E-state index contributed by atoms with van der Waals surface area (Å²) in [5.74, 6) is -0.176. The summed E-state index contributed by atoms with van der Waals surface area (Å²) in [5.41, 5.74) is 0.495. The van der Waals surface area contributed by atoms with Crippen molar-refractivity contribution < 1.29 is 14.6 Å². The van der Waals surface area contributed by atoms with Crippen molar-refractivity contribution in [3.05, 3.63) is 28.2 Å². The fourth-order valence-electron chi connectivity index (χ4n) is 2.36. The molecule has 7 heteroatoms. The topological polar surface area (TPSA) is 61.8 Å². The minimum absolute atomic E-state index is 0.0153. The van der Waals surface area contributed by atoms with Crippen molar-refractivity contribution in [2.75, 3.05) is 31.6 Å². The Hall–Kier alpha value is -0.850. The number of halogens is 2. The van der Waals surface area contributed by atoms with Crippen LogP contribution in [-0.4, -0.2) is 54.4 Å². The zero-order valence-electron chi connectivity index (χ0n) is 11.7. The van der Waals surface area contributed by atoms with E-state index in [1.165, 1.54) is 0 Å². The van der Waals surface area contributed by atoms with E-state index in [9.17, 15) is 9.90 Å². The van der Waals surface area contributed by atoms with Crippen molar-refractivity contribution in [2.45, 2.75) is 19.1 Å². The van der Waals surface area contributed by atoms with Crippen LogP contribution in [0.25, 0.3) is 0 Å². The molecule has 1 heterocycles. The molecule has 1 saturated heterocycles. The summed E-state index contributed by atoms with van der Waals surface area (Å²) in [5, 5.41) is 12.9. The molecular weight excluding hydrogens is 315 g/mol. The quantitative estimate of drug-likeness (QED) is 0.885. The maximum absolute atomic E-state index is 12.1. The summed E-state index contributed by atoms with van der Waals surface area (Å²) in [4.78, 5) is 14.0. The molecule has 0 bridgehead atoms. The van der Waals surface area contributed by atoms with Crippen LogP contribution in [0.3, 0.4) is 0 Å². The average molecular weight is 333 g/mol. The fourth-order valence-corrected chi connectivity index (χ4v) is 2.69. The number of benzene rings is 1. The average Bonchev–Trinajstić information content (AvgIpc) is 2.42. The van der Waals surface area contributed by atoms with Gasteiger partial charge >= 0.3 is 0 Å². The Morgan fingerprint density at radius 2 is 2.24 bits per heavy atom. The first-order valence-corrected chi connectivity index (χ1v) is 7.47. The number of nitrogens with one attached hydrogen (secondary N) is 1. The molecule has 1 aliphatic rings. The van der Waals surface area contributed by atoms with Crippen LogP contribution >= 0.6 is 23.2 Å². The van der Waals surface area contributed by atoms with E-state index in [1.54, 1.807) is 18.2 Å². The smallest absolute Gasteiger partial charge is 0.238 e. The van der Waals surface area contributed by atoms with Crippen LogP contribution in [0.2, 0.25) is 10.0 Å². The Morgan fingerprint density at radius 3 is 2.95 bits per heavy atom. The van der Waals surface area contributed by atoms with E-state index in [-0.39, 0.29) is 31.3 Å². The zero-order valence-corrected chi connectivity index (χ0v) is 13.2. The molecule has 1 aromatic rings. The molecule has 0 aliphatic carbocycles. The molecule has 0 saturated carbocycles. The maximum atomic E-state index is 12.1. The minimum atomic E-state index is -0.253. The Balaban J connectivity index is 1.93. The minimum Gasteiger partial charge on any atom is -0.394 e. The molecule has 116 valence electrons. The lowest BCUT2D eigenvalue weighted by Gasteiger charge is -2.35. The molecule has 0 radical (unpaired) electrons. The molecule has 1 aliphatic heterocycles. The van der Waals surface area contributed by atoms with E-state index in [0.717, 1.165) is 0 Å². The molecule has 0 spiro atoms. The second-order valence-corrected chi connectivity index (χ2v) is 5.96. The van der Waals surface area contributed by atoms with Gasteiger partial charge in [-0.05, 0) is 25.1 Å². The monoisotopic (exact) mass is 332 g/mol. The highest BCUT2D eigenvalue weighted by atomic mass is 35.5. The summed E-state index contributed by atoms with van der Waals surface area (Å²) >= 11 is 11.9. The first-order valence-electron chi connectivity index (χ1n) is 6.71. The van der Waals surface area contributed by atoms with Gasteiger partial charge in [0.25, 0.3) is 0 Å². The molecule has 2 rings (SSSR count). The number of anilines is 1. The number of carbonyl (C=O) groups excluding carboxylic acids is 1. The predicted octanol–water partition coefficient (Wildman–Crippen LogP) is 2.01. The highest BCUT2D eigenvalue weighted by Gasteiger charge is 2.26. The first kappa shape index (κ1) is 16.5. The normalized spacial score (nSPS) is 23.0. The SMILES string of the molecule is CC1CN(CC(=O)Nc2cc(Cl)ccc2Cl)CC(CO)O1. The van der Waals surface area contributed by atoms with Gasteiger partial charge in [-0.3, -0.25) is 9.69 Å². The molecule has 2 atom stereocenters. The number of aliphatic hydroxyl groups is 1.